The van der Waals surface area contributed by atoms with Crippen molar-refractivity contribution in [3.63, 3.8) is 0 Å². The molecule has 0 aliphatic heterocycles. The van der Waals surface area contributed by atoms with Gasteiger partial charge >= 0.3 is 0 Å². The van der Waals surface area contributed by atoms with E-state index in [1.165, 1.54) is 18.2 Å². The van der Waals surface area contributed by atoms with Gasteiger partial charge < -0.3 is 11.1 Å². The van der Waals surface area contributed by atoms with Crippen LogP contribution in [0.5, 0.6) is 0 Å². The number of anilines is 2. The van der Waals surface area contributed by atoms with E-state index < -0.39 is 28.4 Å². The molecule has 0 radical (unpaired) electrons. The standard InChI is InChI=1S/C17H18ClN3O4S/c1-11-9-12(18)7-8-15(11)21(26(2,24)25)10-16(22)20-14-6-4-3-5-13(14)17(19)23/h3-9H,10H2,1-2H3,(H2,19,23)(H,20,22). The number of hydrogen-bond donors (Lipinski definition) is 2. The highest BCUT2D eigenvalue weighted by atomic mass is 35.5. The zero-order valence-corrected chi connectivity index (χ0v) is 15.8. The molecule has 9 heteroatoms. The smallest absolute Gasteiger partial charge is 0.250 e. The van der Waals surface area contributed by atoms with Gasteiger partial charge in [0.05, 0.1) is 23.2 Å². The van der Waals surface area contributed by atoms with Crippen LogP contribution >= 0.6 is 11.6 Å². The number of amides is 2. The van der Waals surface area contributed by atoms with Gasteiger partial charge in [-0.1, -0.05) is 23.7 Å². The second-order valence-electron chi connectivity index (χ2n) is 5.66. The maximum atomic E-state index is 12.4. The average Bonchev–Trinajstić information content (AvgIpc) is 2.52. The Morgan fingerprint density at radius 1 is 1.19 bits per heavy atom. The molecule has 2 amide bonds. The zero-order chi connectivity index (χ0) is 19.5. The van der Waals surface area contributed by atoms with E-state index in [4.69, 9.17) is 17.3 Å². The fourth-order valence-electron chi connectivity index (χ4n) is 2.41. The predicted molar refractivity (Wildman–Crippen MR) is 102 cm³/mol. The first kappa shape index (κ1) is 19.7. The van der Waals surface area contributed by atoms with Crippen LogP contribution in [0.1, 0.15) is 15.9 Å². The van der Waals surface area contributed by atoms with Crippen LogP contribution in [0.25, 0.3) is 0 Å². The summed E-state index contributed by atoms with van der Waals surface area (Å²) in [5.74, 6) is -1.31. The molecule has 7 nitrogen and oxygen atoms in total. The number of hydrogen-bond acceptors (Lipinski definition) is 4. The van der Waals surface area contributed by atoms with Crippen molar-refractivity contribution in [2.75, 3.05) is 22.4 Å². The Balaban J connectivity index is 2.30. The van der Waals surface area contributed by atoms with Gasteiger partial charge in [0.25, 0.3) is 5.91 Å². The van der Waals surface area contributed by atoms with Crippen molar-refractivity contribution in [3.8, 4) is 0 Å². The number of halogens is 1. The summed E-state index contributed by atoms with van der Waals surface area (Å²) in [7, 11) is -3.73. The summed E-state index contributed by atoms with van der Waals surface area (Å²) in [5, 5.41) is 2.98. The maximum Gasteiger partial charge on any atom is 0.250 e. The van der Waals surface area contributed by atoms with Crippen molar-refractivity contribution in [1.82, 2.24) is 0 Å². The topological polar surface area (TPSA) is 110 Å². The molecule has 0 atom stereocenters. The molecule has 0 bridgehead atoms. The predicted octanol–water partition coefficient (Wildman–Crippen LogP) is 2.15. The molecule has 0 heterocycles. The second kappa shape index (κ2) is 7.76. The number of sulfonamides is 1. The SMILES string of the molecule is Cc1cc(Cl)ccc1N(CC(=O)Nc1ccccc1C(N)=O)S(C)(=O)=O. The largest absolute Gasteiger partial charge is 0.366 e. The number of rotatable bonds is 6. The Morgan fingerprint density at radius 3 is 2.42 bits per heavy atom. The Kier molecular flexibility index (Phi) is 5.89. The van der Waals surface area contributed by atoms with Gasteiger partial charge in [-0.25, -0.2) is 8.42 Å². The number of primary amides is 1. The average molecular weight is 396 g/mol. The monoisotopic (exact) mass is 395 g/mol. The van der Waals surface area contributed by atoms with Crippen LogP contribution in [-0.4, -0.2) is 33.0 Å². The highest BCUT2D eigenvalue weighted by Gasteiger charge is 2.23. The minimum absolute atomic E-state index is 0.134. The van der Waals surface area contributed by atoms with Gasteiger partial charge in [-0.05, 0) is 42.8 Å². The molecule has 0 saturated heterocycles. The first-order valence-electron chi connectivity index (χ1n) is 7.52. The number of carbonyl (C=O) groups is 2. The summed E-state index contributed by atoms with van der Waals surface area (Å²) in [5.41, 5.74) is 6.57. The van der Waals surface area contributed by atoms with E-state index in [9.17, 15) is 18.0 Å². The molecule has 2 rings (SSSR count). The molecule has 0 aromatic heterocycles. The molecular formula is C17H18ClN3O4S. The van der Waals surface area contributed by atoms with Gasteiger partial charge in [-0.3, -0.25) is 13.9 Å². The minimum Gasteiger partial charge on any atom is -0.366 e. The summed E-state index contributed by atoms with van der Waals surface area (Å²) in [6, 6.07) is 10.9. The van der Waals surface area contributed by atoms with E-state index >= 15 is 0 Å². The van der Waals surface area contributed by atoms with E-state index in [0.29, 0.717) is 16.3 Å². The molecule has 0 aliphatic carbocycles. The van der Waals surface area contributed by atoms with Crippen LogP contribution in [0.4, 0.5) is 11.4 Å². The number of nitrogens with one attached hydrogen (secondary N) is 1. The third kappa shape index (κ3) is 4.74. The van der Waals surface area contributed by atoms with Crippen LogP contribution < -0.4 is 15.4 Å². The third-order valence-electron chi connectivity index (χ3n) is 3.58. The summed E-state index contributed by atoms with van der Waals surface area (Å²) in [4.78, 5) is 23.8. The molecular weight excluding hydrogens is 378 g/mol. The van der Waals surface area contributed by atoms with E-state index in [2.05, 4.69) is 5.32 Å². The zero-order valence-electron chi connectivity index (χ0n) is 14.2. The first-order valence-corrected chi connectivity index (χ1v) is 9.75. The Labute approximate surface area is 156 Å². The quantitative estimate of drug-likeness (QED) is 0.780. The van der Waals surface area contributed by atoms with Crippen LogP contribution in [0, 0.1) is 6.92 Å². The second-order valence-corrected chi connectivity index (χ2v) is 8.00. The van der Waals surface area contributed by atoms with E-state index in [-0.39, 0.29) is 11.3 Å². The Hall–Kier alpha value is -2.58. The van der Waals surface area contributed by atoms with Gasteiger partial charge in [-0.15, -0.1) is 0 Å². The van der Waals surface area contributed by atoms with Crippen LogP contribution in [0.3, 0.4) is 0 Å². The summed E-state index contributed by atoms with van der Waals surface area (Å²) < 4.78 is 25.3. The molecule has 138 valence electrons. The number of benzene rings is 2. The molecule has 0 unspecified atom stereocenters. The third-order valence-corrected chi connectivity index (χ3v) is 4.94. The van der Waals surface area contributed by atoms with E-state index in [0.717, 1.165) is 10.6 Å². The molecule has 2 aromatic carbocycles. The fourth-order valence-corrected chi connectivity index (χ4v) is 3.55. The molecule has 0 fully saturated rings. The summed E-state index contributed by atoms with van der Waals surface area (Å²) in [6.07, 6.45) is 1.01. The molecule has 0 aliphatic rings. The highest BCUT2D eigenvalue weighted by molar-refractivity contribution is 7.92. The maximum absolute atomic E-state index is 12.4. The lowest BCUT2D eigenvalue weighted by atomic mass is 10.1. The number of nitrogens with two attached hydrogens (primary N) is 1. The van der Waals surface area contributed by atoms with E-state index in [1.807, 2.05) is 0 Å². The van der Waals surface area contributed by atoms with Crippen molar-refractivity contribution in [1.29, 1.82) is 0 Å². The van der Waals surface area contributed by atoms with Gasteiger partial charge in [-0.2, -0.15) is 0 Å². The van der Waals surface area contributed by atoms with E-state index in [1.54, 1.807) is 31.2 Å². The molecule has 0 spiro atoms. The lowest BCUT2D eigenvalue weighted by Gasteiger charge is -2.24. The first-order chi connectivity index (χ1) is 12.1. The summed E-state index contributed by atoms with van der Waals surface area (Å²) >= 11 is 5.90. The highest BCUT2D eigenvalue weighted by Crippen LogP contribution is 2.25. The summed E-state index contributed by atoms with van der Waals surface area (Å²) in [6.45, 7) is 1.23. The van der Waals surface area contributed by atoms with Crippen molar-refractivity contribution in [3.05, 3.63) is 58.6 Å². The van der Waals surface area contributed by atoms with Crippen molar-refractivity contribution >= 4 is 44.8 Å². The number of aryl methyl sites for hydroxylation is 1. The molecule has 26 heavy (non-hydrogen) atoms. The lowest BCUT2D eigenvalue weighted by molar-refractivity contribution is -0.114. The number of nitrogens with zero attached hydrogens (tertiary/aromatic N) is 1. The van der Waals surface area contributed by atoms with Crippen molar-refractivity contribution < 1.29 is 18.0 Å². The van der Waals surface area contributed by atoms with Crippen LogP contribution in [0.15, 0.2) is 42.5 Å². The fraction of sp³-hybridized carbons (Fsp3) is 0.176. The Bertz CT molecular complexity index is 960. The number of carbonyl (C=O) groups excluding carboxylic acids is 2. The normalized spacial score (nSPS) is 11.0. The van der Waals surface area contributed by atoms with Crippen LogP contribution in [-0.2, 0) is 14.8 Å². The minimum atomic E-state index is -3.73. The molecule has 0 saturated carbocycles. The van der Waals surface area contributed by atoms with Crippen LogP contribution in [0.2, 0.25) is 5.02 Å². The number of para-hydroxylation sites is 1. The Morgan fingerprint density at radius 2 is 1.85 bits per heavy atom. The van der Waals surface area contributed by atoms with Crippen molar-refractivity contribution in [2.45, 2.75) is 6.92 Å². The van der Waals surface area contributed by atoms with Gasteiger partial charge in [0.15, 0.2) is 0 Å². The van der Waals surface area contributed by atoms with Gasteiger partial charge in [0.2, 0.25) is 15.9 Å². The lowest BCUT2D eigenvalue weighted by Crippen LogP contribution is -2.38. The van der Waals surface area contributed by atoms with Crippen molar-refractivity contribution in [2.24, 2.45) is 5.73 Å². The molecule has 2 aromatic rings. The molecule has 3 N–H and O–H groups in total. The van der Waals surface area contributed by atoms with Gasteiger partial charge in [0, 0.05) is 5.02 Å². The van der Waals surface area contributed by atoms with Gasteiger partial charge in [0.1, 0.15) is 6.54 Å².